The summed E-state index contributed by atoms with van der Waals surface area (Å²) >= 11 is 0. The molecule has 20 heteroatoms. The summed E-state index contributed by atoms with van der Waals surface area (Å²) in [6, 6.07) is 10.8. The minimum absolute atomic E-state index is 0.0252. The van der Waals surface area contributed by atoms with Gasteiger partial charge in [0.05, 0.1) is 41.7 Å². The van der Waals surface area contributed by atoms with Gasteiger partial charge in [-0.3, -0.25) is 48.5 Å². The number of amides is 7. The van der Waals surface area contributed by atoms with Gasteiger partial charge in [-0.05, 0) is 62.4 Å². The number of imide groups is 2. The van der Waals surface area contributed by atoms with Crippen LogP contribution in [0.3, 0.4) is 0 Å². The first kappa shape index (κ1) is 42.9. The number of carbonyl (C=O) groups excluding carboxylic acids is 7. The summed E-state index contributed by atoms with van der Waals surface area (Å²) in [4.78, 5) is 92.8. The van der Waals surface area contributed by atoms with Gasteiger partial charge >= 0.3 is 0 Å². The zero-order valence-corrected chi connectivity index (χ0v) is 34.4. The number of benzene rings is 2. The van der Waals surface area contributed by atoms with Crippen molar-refractivity contribution in [2.24, 2.45) is 5.92 Å². The highest BCUT2D eigenvalue weighted by Gasteiger charge is 2.44. The zero-order chi connectivity index (χ0) is 43.8. The summed E-state index contributed by atoms with van der Waals surface area (Å²) in [6.45, 7) is 1.41. The number of nitrogens with one attached hydrogen (secondary N) is 6. The lowest BCUT2D eigenvalue weighted by atomic mass is 10.0. The number of methoxy groups -OCH3 is 1. The molecular weight excluding hydrogens is 801 g/mol. The van der Waals surface area contributed by atoms with E-state index < -0.39 is 35.6 Å². The number of hydrogen-bond acceptors (Lipinski definition) is 14. The summed E-state index contributed by atoms with van der Waals surface area (Å²) in [6.07, 6.45) is 8.20. The number of carbonyl (C=O) groups is 7. The number of fused-ring (bicyclic) bond motifs is 1. The van der Waals surface area contributed by atoms with E-state index in [1.165, 1.54) is 14.2 Å². The van der Waals surface area contributed by atoms with Crippen molar-refractivity contribution < 1.29 is 38.3 Å². The molecule has 7 amide bonds. The van der Waals surface area contributed by atoms with Gasteiger partial charge in [-0.25, -0.2) is 4.98 Å². The minimum Gasteiger partial charge on any atom is -0.494 e. The number of nitrogens with zero attached hydrogens (tertiary/aromatic N) is 6. The Morgan fingerprint density at radius 1 is 0.871 bits per heavy atom. The molecule has 1 saturated carbocycles. The molecule has 2 fully saturated rings. The van der Waals surface area contributed by atoms with Crippen LogP contribution in [0.25, 0.3) is 11.4 Å². The van der Waals surface area contributed by atoms with E-state index in [9.17, 15) is 33.6 Å². The molecule has 6 N–H and O–H groups in total. The second-order valence-corrected chi connectivity index (χ2v) is 15.2. The number of unbranched alkanes of at least 4 members (excludes halogenated alkanes) is 4. The van der Waals surface area contributed by atoms with Gasteiger partial charge in [0.2, 0.25) is 23.6 Å². The maximum absolute atomic E-state index is 13.1. The van der Waals surface area contributed by atoms with E-state index in [1.54, 1.807) is 53.5 Å². The largest absolute Gasteiger partial charge is 0.494 e. The molecule has 2 aromatic carbocycles. The molecule has 1 saturated heterocycles. The predicted molar refractivity (Wildman–Crippen MR) is 224 cm³/mol. The van der Waals surface area contributed by atoms with Crippen molar-refractivity contribution in [3.05, 3.63) is 65.6 Å². The van der Waals surface area contributed by atoms with Gasteiger partial charge in [0, 0.05) is 50.7 Å². The van der Waals surface area contributed by atoms with Crippen molar-refractivity contribution in [1.29, 1.82) is 0 Å². The first-order valence-electron chi connectivity index (χ1n) is 20.6. The molecule has 1 unspecified atom stereocenters. The summed E-state index contributed by atoms with van der Waals surface area (Å²) in [7, 11) is 2.99. The Balaban J connectivity index is 0.813. The van der Waals surface area contributed by atoms with Crippen molar-refractivity contribution in [3.8, 4) is 17.1 Å². The van der Waals surface area contributed by atoms with Crippen LogP contribution in [-0.2, 0) is 25.7 Å². The van der Waals surface area contributed by atoms with E-state index in [0.717, 1.165) is 49.8 Å². The fourth-order valence-corrected chi connectivity index (χ4v) is 7.26. The van der Waals surface area contributed by atoms with E-state index in [0.29, 0.717) is 60.3 Å². The lowest BCUT2D eigenvalue weighted by molar-refractivity contribution is -0.136. The molecule has 3 aliphatic rings. The van der Waals surface area contributed by atoms with Crippen molar-refractivity contribution in [3.63, 3.8) is 0 Å². The Labute approximate surface area is 356 Å². The molecule has 0 radical (unpaired) electrons. The van der Waals surface area contributed by atoms with Crippen LogP contribution in [0.2, 0.25) is 0 Å². The molecule has 1 atom stereocenters. The maximum atomic E-state index is 13.1. The lowest BCUT2D eigenvalue weighted by Crippen LogP contribution is -2.54. The first-order chi connectivity index (χ1) is 30.0. The Kier molecular flexibility index (Phi) is 13.4. The SMILES string of the molecule is CNC(=O)c1nnc(NC(=O)C2CC2)cc1Nc1cccc(-c2ncn(CCNC(=O)CCCCCCCNc3ccc4c(c3)C(=O)N(C3CCC(=O)NC3=O)C4=O)n2)c1OC. The third kappa shape index (κ3) is 10.0. The molecular formula is C42H48N12O8. The van der Waals surface area contributed by atoms with E-state index in [1.807, 2.05) is 0 Å². The number of hydrogen-bond donors (Lipinski definition) is 6. The summed E-state index contributed by atoms with van der Waals surface area (Å²) in [5.41, 5.74) is 2.58. The fourth-order valence-electron chi connectivity index (χ4n) is 7.26. The summed E-state index contributed by atoms with van der Waals surface area (Å²) in [5, 5.41) is 29.6. The molecule has 1 aliphatic carbocycles. The fraction of sp³-hybridized carbons (Fsp3) is 0.405. The number of piperidine rings is 1. The van der Waals surface area contributed by atoms with Gasteiger partial charge in [0.25, 0.3) is 17.7 Å². The van der Waals surface area contributed by atoms with Crippen molar-refractivity contribution >= 4 is 64.2 Å². The average molecular weight is 849 g/mol. The average Bonchev–Trinajstić information content (AvgIpc) is 3.97. The molecule has 0 bridgehead atoms. The third-order valence-corrected chi connectivity index (χ3v) is 10.7. The van der Waals surface area contributed by atoms with Crippen LogP contribution in [0.1, 0.15) is 95.4 Å². The molecule has 62 heavy (non-hydrogen) atoms. The molecule has 7 rings (SSSR count). The number of para-hydroxylation sites is 1. The predicted octanol–water partition coefficient (Wildman–Crippen LogP) is 3.17. The molecule has 4 heterocycles. The zero-order valence-electron chi connectivity index (χ0n) is 34.4. The second kappa shape index (κ2) is 19.4. The molecule has 324 valence electrons. The Bertz CT molecular complexity index is 2400. The molecule has 0 spiro atoms. The quantitative estimate of drug-likeness (QED) is 0.0552. The van der Waals surface area contributed by atoms with Crippen LogP contribution in [0, 0.1) is 5.92 Å². The molecule has 4 aromatic rings. The first-order valence-corrected chi connectivity index (χ1v) is 20.6. The highest BCUT2D eigenvalue weighted by Crippen LogP contribution is 2.37. The number of anilines is 4. The third-order valence-electron chi connectivity index (χ3n) is 10.7. The van der Waals surface area contributed by atoms with E-state index in [4.69, 9.17) is 4.74 Å². The molecule has 20 nitrogen and oxygen atoms in total. The van der Waals surface area contributed by atoms with Gasteiger partial charge in [0.15, 0.2) is 23.1 Å². The van der Waals surface area contributed by atoms with Crippen molar-refractivity contribution in [2.45, 2.75) is 76.8 Å². The number of aromatic nitrogens is 5. The van der Waals surface area contributed by atoms with Gasteiger partial charge < -0.3 is 31.3 Å². The van der Waals surface area contributed by atoms with Crippen LogP contribution in [0.15, 0.2) is 48.8 Å². The van der Waals surface area contributed by atoms with Crippen molar-refractivity contribution in [2.75, 3.05) is 43.2 Å². The normalized spacial score (nSPS) is 15.8. The number of rotatable bonds is 20. The minimum atomic E-state index is -1.00. The van der Waals surface area contributed by atoms with Gasteiger partial charge in [-0.2, -0.15) is 5.10 Å². The Morgan fingerprint density at radius 2 is 1.66 bits per heavy atom. The van der Waals surface area contributed by atoms with Crippen LogP contribution in [-0.4, -0.2) is 105 Å². The van der Waals surface area contributed by atoms with Gasteiger partial charge in [-0.15, -0.1) is 10.2 Å². The lowest BCUT2D eigenvalue weighted by Gasteiger charge is -2.27. The van der Waals surface area contributed by atoms with Crippen LogP contribution in [0.5, 0.6) is 5.75 Å². The summed E-state index contributed by atoms with van der Waals surface area (Å²) < 4.78 is 7.40. The molecule has 2 aromatic heterocycles. The smallest absolute Gasteiger partial charge is 0.273 e. The second-order valence-electron chi connectivity index (χ2n) is 15.2. The topological polar surface area (TPSA) is 261 Å². The molecule has 2 aliphatic heterocycles. The van der Waals surface area contributed by atoms with Crippen molar-refractivity contribution in [1.82, 2.24) is 45.8 Å². The Hall–Kier alpha value is -7.25. The van der Waals surface area contributed by atoms with E-state index >= 15 is 0 Å². The highest BCUT2D eigenvalue weighted by molar-refractivity contribution is 6.23. The van der Waals surface area contributed by atoms with Gasteiger partial charge in [-0.1, -0.05) is 25.3 Å². The van der Waals surface area contributed by atoms with Gasteiger partial charge in [0.1, 0.15) is 12.4 Å². The van der Waals surface area contributed by atoms with Crippen LogP contribution >= 0.6 is 0 Å². The van der Waals surface area contributed by atoms with E-state index in [-0.39, 0.29) is 53.2 Å². The maximum Gasteiger partial charge on any atom is 0.273 e. The van der Waals surface area contributed by atoms with Crippen LogP contribution in [0.4, 0.5) is 22.9 Å². The summed E-state index contributed by atoms with van der Waals surface area (Å²) in [5.74, 6) is -1.83. The highest BCUT2D eigenvalue weighted by atomic mass is 16.5. The van der Waals surface area contributed by atoms with E-state index in [2.05, 4.69) is 52.2 Å². The monoisotopic (exact) mass is 848 g/mol. The standard InChI is InChI=1S/C42H48N12O8/c1-43-40(59)35-30(22-32(50-51-35)48-38(57)24-12-13-24)47-29-10-8-9-27(36(29)62-2)37-46-23-53(52-37)20-19-45-33(55)11-6-4-3-5-7-18-44-25-14-15-26-28(21-25)42(61)54(41(26)60)31-16-17-34(56)49-39(31)58/h8-10,14-15,21-24,31,44H,3-7,11-13,16-20H2,1-2H3,(H,43,59)(H,45,55)(H,49,56,58)(H2,47,48,50,57). The van der Waals surface area contributed by atoms with Crippen LogP contribution < -0.4 is 36.6 Å². The Morgan fingerprint density at radius 3 is 2.44 bits per heavy atom. The number of ether oxygens (including phenoxy) is 1.